The molecule has 0 bridgehead atoms. The van der Waals surface area contributed by atoms with Crippen molar-refractivity contribution >= 4 is 34.1 Å². The van der Waals surface area contributed by atoms with Crippen LogP contribution in [0.3, 0.4) is 0 Å². The topological polar surface area (TPSA) is 58.4 Å². The van der Waals surface area contributed by atoms with Crippen molar-refractivity contribution in [1.29, 1.82) is 0 Å². The molecule has 38 heavy (non-hydrogen) atoms. The Hall–Kier alpha value is -3.66. The predicted molar refractivity (Wildman–Crippen MR) is 138 cm³/mol. The van der Waals surface area contributed by atoms with Crippen LogP contribution in [-0.2, 0) is 6.18 Å². The van der Waals surface area contributed by atoms with E-state index in [2.05, 4.69) is 4.98 Å². The van der Waals surface area contributed by atoms with Crippen LogP contribution in [-0.4, -0.2) is 57.3 Å². The van der Waals surface area contributed by atoms with Gasteiger partial charge in [-0.15, -0.1) is 11.3 Å². The lowest BCUT2D eigenvalue weighted by molar-refractivity contribution is -0.137. The first-order chi connectivity index (χ1) is 18.3. The molecule has 2 saturated heterocycles. The molecule has 0 atom stereocenters. The summed E-state index contributed by atoms with van der Waals surface area (Å²) >= 11 is 1.42. The molecule has 196 valence electrons. The number of fused-ring (bicyclic) bond motifs is 1. The molecule has 2 amide bonds. The number of halogens is 3. The summed E-state index contributed by atoms with van der Waals surface area (Å²) in [6.07, 6.45) is -0.703. The highest BCUT2D eigenvalue weighted by atomic mass is 32.1. The van der Waals surface area contributed by atoms with Gasteiger partial charge >= 0.3 is 6.18 Å². The summed E-state index contributed by atoms with van der Waals surface area (Å²) in [5.74, 6) is 0.929. The zero-order chi connectivity index (χ0) is 26.4. The van der Waals surface area contributed by atoms with Crippen LogP contribution in [0.1, 0.15) is 39.3 Å². The summed E-state index contributed by atoms with van der Waals surface area (Å²) in [6, 6.07) is 12.4. The number of thiazole rings is 1. The van der Waals surface area contributed by atoms with Gasteiger partial charge in [0, 0.05) is 54.4 Å². The molecule has 0 saturated carbocycles. The van der Waals surface area contributed by atoms with Gasteiger partial charge in [-0.2, -0.15) is 13.2 Å². The number of aromatic nitrogens is 2. The Labute approximate surface area is 221 Å². The fraction of sp³-hybridized carbons (Fsp3) is 0.321. The van der Waals surface area contributed by atoms with Crippen LogP contribution in [0.5, 0.6) is 0 Å². The molecule has 2 aliphatic rings. The van der Waals surface area contributed by atoms with Crippen LogP contribution in [0.2, 0.25) is 0 Å². The number of hydrogen-bond donors (Lipinski definition) is 0. The highest BCUT2D eigenvalue weighted by Crippen LogP contribution is 2.34. The van der Waals surface area contributed by atoms with Gasteiger partial charge in [-0.1, -0.05) is 0 Å². The third kappa shape index (κ3) is 4.57. The molecule has 6 rings (SSSR count). The van der Waals surface area contributed by atoms with Gasteiger partial charge in [-0.3, -0.25) is 9.59 Å². The van der Waals surface area contributed by atoms with E-state index in [1.165, 1.54) is 23.5 Å². The molecule has 2 aliphatic heterocycles. The highest BCUT2D eigenvalue weighted by molar-refractivity contribution is 7.07. The Morgan fingerprint density at radius 2 is 1.63 bits per heavy atom. The fourth-order valence-corrected chi connectivity index (χ4v) is 6.05. The van der Waals surface area contributed by atoms with Crippen LogP contribution in [0, 0.1) is 11.8 Å². The van der Waals surface area contributed by atoms with E-state index in [0.29, 0.717) is 41.9 Å². The molecule has 6 nitrogen and oxygen atoms in total. The number of hydrogen-bond acceptors (Lipinski definition) is 4. The number of alkyl halides is 3. The molecular weight excluding hydrogens is 513 g/mol. The molecule has 2 aromatic carbocycles. The van der Waals surface area contributed by atoms with Crippen molar-refractivity contribution in [2.45, 2.75) is 19.0 Å². The summed E-state index contributed by atoms with van der Waals surface area (Å²) in [5, 5.41) is 2.63. The van der Waals surface area contributed by atoms with Gasteiger partial charge in [0.05, 0.1) is 16.6 Å². The number of carbonyl (C=O) groups is 2. The van der Waals surface area contributed by atoms with Crippen molar-refractivity contribution in [2.75, 3.05) is 26.2 Å². The molecule has 4 heterocycles. The maximum Gasteiger partial charge on any atom is 0.416 e. The van der Waals surface area contributed by atoms with Gasteiger partial charge in [-0.25, -0.2) is 4.98 Å². The molecule has 0 spiro atoms. The first kappa shape index (κ1) is 24.7. The maximum absolute atomic E-state index is 13.1. The monoisotopic (exact) mass is 538 g/mol. The third-order valence-electron chi connectivity index (χ3n) is 7.75. The number of benzene rings is 2. The Morgan fingerprint density at radius 1 is 0.895 bits per heavy atom. The average Bonchev–Trinajstić information content (AvgIpc) is 3.57. The number of rotatable bonds is 4. The lowest BCUT2D eigenvalue weighted by Crippen LogP contribution is -2.54. The Morgan fingerprint density at radius 3 is 2.29 bits per heavy atom. The van der Waals surface area contributed by atoms with E-state index in [1.54, 1.807) is 23.2 Å². The van der Waals surface area contributed by atoms with E-state index in [4.69, 9.17) is 0 Å². The Bertz CT molecular complexity index is 1470. The molecule has 0 N–H and O–H groups in total. The van der Waals surface area contributed by atoms with Gasteiger partial charge in [0.2, 0.25) is 0 Å². The van der Waals surface area contributed by atoms with E-state index in [0.717, 1.165) is 49.0 Å². The van der Waals surface area contributed by atoms with E-state index in [9.17, 15) is 22.8 Å². The number of amides is 2. The minimum atomic E-state index is -4.37. The molecule has 2 aromatic heterocycles. The second-order valence-corrected chi connectivity index (χ2v) is 10.7. The van der Waals surface area contributed by atoms with Crippen LogP contribution < -0.4 is 0 Å². The van der Waals surface area contributed by atoms with E-state index < -0.39 is 11.7 Å². The molecule has 0 unspecified atom stereocenters. The van der Waals surface area contributed by atoms with Gasteiger partial charge in [0.15, 0.2) is 0 Å². The SMILES string of the molecule is O=C(c1ccc2c(ccn2-c2ccc(C(F)(F)F)cc2)c1)N1CC(C2CCN(C(=O)c3cscn3)CC2)C1. The first-order valence-electron chi connectivity index (χ1n) is 12.5. The summed E-state index contributed by atoms with van der Waals surface area (Å²) in [7, 11) is 0. The van der Waals surface area contributed by atoms with Gasteiger partial charge in [0.25, 0.3) is 11.8 Å². The number of nitrogens with zero attached hydrogens (tertiary/aromatic N) is 4. The van der Waals surface area contributed by atoms with Crippen molar-refractivity contribution < 1.29 is 22.8 Å². The zero-order valence-electron chi connectivity index (χ0n) is 20.4. The minimum Gasteiger partial charge on any atom is -0.338 e. The largest absolute Gasteiger partial charge is 0.416 e. The predicted octanol–water partition coefficient (Wildman–Crippen LogP) is 5.73. The molecule has 0 radical (unpaired) electrons. The highest BCUT2D eigenvalue weighted by Gasteiger charge is 2.38. The van der Waals surface area contributed by atoms with E-state index in [-0.39, 0.29) is 11.8 Å². The standard InChI is InChI=1S/C28H25F3N4O2S/c29-28(30,31)22-2-4-23(5-3-22)35-12-9-19-13-20(1-6-25(19)35)26(36)34-14-21(15-34)18-7-10-33(11-8-18)27(37)24-16-38-17-32-24/h1-6,9,12-13,16-18,21H,7-8,10-11,14-15H2. The number of piperidine rings is 1. The van der Waals surface area contributed by atoms with Gasteiger partial charge in [-0.05, 0) is 73.2 Å². The fourth-order valence-electron chi connectivity index (χ4n) is 5.53. The van der Waals surface area contributed by atoms with Crippen LogP contribution in [0.4, 0.5) is 13.2 Å². The van der Waals surface area contributed by atoms with Crippen molar-refractivity contribution in [3.05, 3.63) is 82.4 Å². The van der Waals surface area contributed by atoms with E-state index in [1.807, 2.05) is 32.6 Å². The molecule has 0 aliphatic carbocycles. The Balaban J connectivity index is 1.06. The second kappa shape index (κ2) is 9.58. The van der Waals surface area contributed by atoms with Crippen molar-refractivity contribution in [3.63, 3.8) is 0 Å². The number of carbonyl (C=O) groups excluding carboxylic acids is 2. The minimum absolute atomic E-state index is 0.00217. The van der Waals surface area contributed by atoms with Crippen molar-refractivity contribution in [3.8, 4) is 5.69 Å². The molecule has 10 heteroatoms. The van der Waals surface area contributed by atoms with Gasteiger partial charge < -0.3 is 14.4 Å². The first-order valence-corrected chi connectivity index (χ1v) is 13.5. The summed E-state index contributed by atoms with van der Waals surface area (Å²) < 4.78 is 40.5. The molecular formula is C28H25F3N4O2S. The summed E-state index contributed by atoms with van der Waals surface area (Å²) in [4.78, 5) is 33.5. The van der Waals surface area contributed by atoms with E-state index >= 15 is 0 Å². The second-order valence-electron chi connectivity index (χ2n) is 9.98. The van der Waals surface area contributed by atoms with Crippen LogP contribution >= 0.6 is 11.3 Å². The lowest BCUT2D eigenvalue weighted by atomic mass is 9.79. The quantitative estimate of drug-likeness (QED) is 0.334. The third-order valence-corrected chi connectivity index (χ3v) is 8.34. The number of likely N-dealkylation sites (tertiary alicyclic amines) is 2. The smallest absolute Gasteiger partial charge is 0.338 e. The Kier molecular flexibility index (Phi) is 6.22. The molecule has 4 aromatic rings. The van der Waals surface area contributed by atoms with Crippen LogP contribution in [0.15, 0.2) is 65.6 Å². The summed E-state index contributed by atoms with van der Waals surface area (Å²) in [6.45, 7) is 2.87. The average molecular weight is 539 g/mol. The van der Waals surface area contributed by atoms with Crippen molar-refractivity contribution in [1.82, 2.24) is 19.4 Å². The zero-order valence-corrected chi connectivity index (χ0v) is 21.2. The van der Waals surface area contributed by atoms with Crippen molar-refractivity contribution in [2.24, 2.45) is 11.8 Å². The summed E-state index contributed by atoms with van der Waals surface area (Å²) in [5.41, 5.74) is 3.55. The van der Waals surface area contributed by atoms with Gasteiger partial charge in [0.1, 0.15) is 5.69 Å². The van der Waals surface area contributed by atoms with Crippen LogP contribution in [0.25, 0.3) is 16.6 Å². The lowest BCUT2D eigenvalue weighted by Gasteiger charge is -2.46. The maximum atomic E-state index is 13.1. The molecule has 2 fully saturated rings. The normalized spacial score (nSPS) is 17.1.